The molecule has 0 radical (unpaired) electrons. The van der Waals surface area contributed by atoms with Gasteiger partial charge in [0.05, 0.1) is 11.4 Å². The van der Waals surface area contributed by atoms with E-state index in [2.05, 4.69) is 53.3 Å². The van der Waals surface area contributed by atoms with Crippen LogP contribution >= 0.6 is 0 Å². The lowest BCUT2D eigenvalue weighted by atomic mass is 9.63. The molecule has 1 heterocycles. The number of fused-ring (bicyclic) bond motifs is 2. The fourth-order valence-corrected chi connectivity index (χ4v) is 6.67. The highest BCUT2D eigenvalue weighted by Crippen LogP contribution is 2.60. The quantitative estimate of drug-likeness (QED) is 0.282. The van der Waals surface area contributed by atoms with Crippen molar-refractivity contribution in [2.24, 2.45) is 11.8 Å². The van der Waals surface area contributed by atoms with Crippen molar-refractivity contribution in [2.45, 2.75) is 64.1 Å². The van der Waals surface area contributed by atoms with Crippen LogP contribution in [0.5, 0.6) is 5.75 Å². The Morgan fingerprint density at radius 1 is 1.02 bits per heavy atom. The van der Waals surface area contributed by atoms with Gasteiger partial charge in [-0.25, -0.2) is 15.2 Å². The van der Waals surface area contributed by atoms with Crippen LogP contribution in [0.15, 0.2) is 73.8 Å². The summed E-state index contributed by atoms with van der Waals surface area (Å²) in [7, 11) is 0. The lowest BCUT2D eigenvalue weighted by Crippen LogP contribution is -2.45. The molecule has 0 spiro atoms. The molecule has 2 aliphatic carbocycles. The van der Waals surface area contributed by atoms with Gasteiger partial charge in [-0.15, -0.1) is 0 Å². The van der Waals surface area contributed by atoms with Crippen LogP contribution in [0.4, 0.5) is 4.79 Å². The van der Waals surface area contributed by atoms with Crippen LogP contribution in [0, 0.1) is 11.8 Å². The van der Waals surface area contributed by atoms with Gasteiger partial charge in [0.1, 0.15) is 18.0 Å². The van der Waals surface area contributed by atoms with E-state index >= 15 is 0 Å². The molecule has 7 heteroatoms. The number of carbonyl (C=O) groups excluding carboxylic acids is 2. The van der Waals surface area contributed by atoms with Crippen LogP contribution in [0.1, 0.15) is 84.9 Å². The van der Waals surface area contributed by atoms with Crippen molar-refractivity contribution in [1.29, 1.82) is 0 Å². The smallest absolute Gasteiger partial charge is 0.426 e. The fraction of sp³-hybridized carbons (Fsp3) is 0.343. The van der Waals surface area contributed by atoms with Crippen molar-refractivity contribution in [3.63, 3.8) is 0 Å². The van der Waals surface area contributed by atoms with Crippen molar-refractivity contribution in [3.05, 3.63) is 107 Å². The van der Waals surface area contributed by atoms with E-state index in [9.17, 15) is 9.59 Å². The predicted octanol–water partition coefficient (Wildman–Crippen LogP) is 7.22. The SMILES string of the molecule is C=Cc1ccc(COc2ccc(C(=O)NNC(=O)OC(C)(C)C)c(C3(c4ccccc4)CC4CCC3C4)c2)nc1C=C. The monoisotopic (exact) mass is 565 g/mol. The summed E-state index contributed by atoms with van der Waals surface area (Å²) in [5.41, 5.74) is 8.96. The predicted molar refractivity (Wildman–Crippen MR) is 165 cm³/mol. The highest BCUT2D eigenvalue weighted by atomic mass is 16.6. The maximum absolute atomic E-state index is 13.6. The minimum atomic E-state index is -0.719. The zero-order valence-corrected chi connectivity index (χ0v) is 24.6. The first-order valence-corrected chi connectivity index (χ1v) is 14.5. The molecule has 2 fully saturated rings. The minimum Gasteiger partial charge on any atom is -0.487 e. The lowest BCUT2D eigenvalue weighted by molar-refractivity contribution is 0.0483. The van der Waals surface area contributed by atoms with E-state index in [0.29, 0.717) is 23.1 Å². The van der Waals surface area contributed by atoms with Crippen LogP contribution in [-0.4, -0.2) is 22.6 Å². The second-order valence-corrected chi connectivity index (χ2v) is 12.2. The second kappa shape index (κ2) is 11.8. The van der Waals surface area contributed by atoms with Crippen molar-refractivity contribution in [1.82, 2.24) is 15.8 Å². The Hall–Kier alpha value is -4.39. The normalized spacial score (nSPS) is 20.9. The molecule has 3 unspecified atom stereocenters. The first-order valence-electron chi connectivity index (χ1n) is 14.5. The lowest BCUT2D eigenvalue weighted by Gasteiger charge is -2.40. The number of hydrazine groups is 1. The van der Waals surface area contributed by atoms with E-state index in [-0.39, 0.29) is 12.0 Å². The largest absolute Gasteiger partial charge is 0.487 e. The molecule has 3 aromatic rings. The third-order valence-corrected chi connectivity index (χ3v) is 8.35. The molecule has 2 aromatic carbocycles. The number of hydrogen-bond donors (Lipinski definition) is 2. The van der Waals surface area contributed by atoms with Crippen LogP contribution < -0.4 is 15.6 Å². The molecule has 1 aromatic heterocycles. The molecule has 7 nitrogen and oxygen atoms in total. The summed E-state index contributed by atoms with van der Waals surface area (Å²) in [6.45, 7) is 13.3. The average molecular weight is 566 g/mol. The topological polar surface area (TPSA) is 89.6 Å². The van der Waals surface area contributed by atoms with Gasteiger partial charge < -0.3 is 9.47 Å². The highest BCUT2D eigenvalue weighted by molar-refractivity contribution is 5.97. The summed E-state index contributed by atoms with van der Waals surface area (Å²) in [6.07, 6.45) is 7.13. The second-order valence-electron chi connectivity index (χ2n) is 12.2. The third kappa shape index (κ3) is 5.96. The Balaban J connectivity index is 1.50. The van der Waals surface area contributed by atoms with Gasteiger partial charge in [0.15, 0.2) is 0 Å². The molecule has 0 aliphatic heterocycles. The summed E-state index contributed by atoms with van der Waals surface area (Å²) < 4.78 is 11.6. The van der Waals surface area contributed by atoms with Crippen molar-refractivity contribution < 1.29 is 19.1 Å². The van der Waals surface area contributed by atoms with Gasteiger partial charge in [0.25, 0.3) is 5.91 Å². The standard InChI is InChI=1S/C35H39N3O4/c1-6-24-14-16-27(36-31(24)7-2)22-41-28-17-18-29(32(39)37-38-33(40)42-34(3,4)5)30(20-28)35(25-11-9-8-10-12-25)21-23-13-15-26(35)19-23/h6-12,14,16-18,20,23,26H,1-2,13,15,19,21-22H2,3-5H3,(H,37,39)(H,38,40). The molecule has 2 aliphatic rings. The van der Waals surface area contributed by atoms with E-state index in [1.54, 1.807) is 45.1 Å². The number of ether oxygens (including phenoxy) is 2. The number of carbonyl (C=O) groups is 2. The number of amides is 2. The van der Waals surface area contributed by atoms with Crippen LogP contribution in [0.2, 0.25) is 0 Å². The van der Waals surface area contributed by atoms with Crippen LogP contribution in [-0.2, 0) is 16.8 Å². The molecule has 42 heavy (non-hydrogen) atoms. The number of rotatable bonds is 8. The van der Waals surface area contributed by atoms with E-state index in [0.717, 1.165) is 41.8 Å². The molecule has 5 rings (SSSR count). The maximum atomic E-state index is 13.6. The van der Waals surface area contributed by atoms with Crippen molar-refractivity contribution in [3.8, 4) is 5.75 Å². The maximum Gasteiger partial charge on any atom is 0.426 e. The Bertz CT molecular complexity index is 1490. The zero-order valence-electron chi connectivity index (χ0n) is 24.6. The molecule has 0 saturated heterocycles. The van der Waals surface area contributed by atoms with Gasteiger partial charge in [-0.2, -0.15) is 0 Å². The highest BCUT2D eigenvalue weighted by Gasteiger charge is 2.54. The molecular weight excluding hydrogens is 526 g/mol. The molecule has 2 saturated carbocycles. The third-order valence-electron chi connectivity index (χ3n) is 8.35. The number of aromatic nitrogens is 1. The number of pyridine rings is 1. The van der Waals surface area contributed by atoms with Gasteiger partial charge in [-0.05, 0) is 98.9 Å². The van der Waals surface area contributed by atoms with Gasteiger partial charge >= 0.3 is 6.09 Å². The average Bonchev–Trinajstić information content (AvgIpc) is 3.61. The van der Waals surface area contributed by atoms with Gasteiger partial charge in [-0.3, -0.25) is 10.2 Å². The summed E-state index contributed by atoms with van der Waals surface area (Å²) in [6, 6.07) is 19.9. The van der Waals surface area contributed by atoms with Gasteiger partial charge in [0.2, 0.25) is 0 Å². The zero-order chi connectivity index (χ0) is 29.9. The van der Waals surface area contributed by atoms with E-state index in [1.807, 2.05) is 24.3 Å². The molecule has 2 N–H and O–H groups in total. The van der Waals surface area contributed by atoms with Crippen molar-refractivity contribution >= 4 is 24.2 Å². The summed E-state index contributed by atoms with van der Waals surface area (Å²) in [4.78, 5) is 30.6. The molecule has 2 amide bonds. The Morgan fingerprint density at radius 2 is 1.81 bits per heavy atom. The Kier molecular flexibility index (Phi) is 8.21. The molecule has 2 bridgehead atoms. The summed E-state index contributed by atoms with van der Waals surface area (Å²) in [5, 5.41) is 0. The van der Waals surface area contributed by atoms with Gasteiger partial charge in [-0.1, -0.05) is 62.1 Å². The van der Waals surface area contributed by atoms with Gasteiger partial charge in [0, 0.05) is 11.0 Å². The molecule has 3 atom stereocenters. The number of nitrogens with zero attached hydrogens (tertiary/aromatic N) is 1. The number of nitrogens with one attached hydrogen (secondary N) is 2. The Morgan fingerprint density at radius 3 is 2.45 bits per heavy atom. The number of benzene rings is 2. The van der Waals surface area contributed by atoms with Crippen LogP contribution in [0.3, 0.4) is 0 Å². The first-order chi connectivity index (χ1) is 20.1. The molecular formula is C35H39N3O4. The van der Waals surface area contributed by atoms with E-state index < -0.39 is 17.6 Å². The minimum absolute atomic E-state index is 0.258. The van der Waals surface area contributed by atoms with E-state index in [1.165, 1.54) is 12.0 Å². The fourth-order valence-electron chi connectivity index (χ4n) is 6.67. The summed E-state index contributed by atoms with van der Waals surface area (Å²) in [5.74, 6) is 1.24. The van der Waals surface area contributed by atoms with E-state index in [4.69, 9.17) is 9.47 Å². The van der Waals surface area contributed by atoms with Crippen LogP contribution in [0.25, 0.3) is 12.2 Å². The first kappa shape index (κ1) is 29.1. The van der Waals surface area contributed by atoms with Crippen molar-refractivity contribution in [2.75, 3.05) is 0 Å². The number of hydrogen-bond acceptors (Lipinski definition) is 5. The molecule has 218 valence electrons. The summed E-state index contributed by atoms with van der Waals surface area (Å²) >= 11 is 0. The Labute approximate surface area is 248 Å².